The van der Waals surface area contributed by atoms with Gasteiger partial charge in [0.05, 0.1) is 10.5 Å². The van der Waals surface area contributed by atoms with Crippen molar-refractivity contribution in [2.24, 2.45) is 5.73 Å². The number of benzene rings is 1. The second-order valence-corrected chi connectivity index (χ2v) is 5.71. The van der Waals surface area contributed by atoms with Crippen LogP contribution in [-0.2, 0) is 10.0 Å². The highest BCUT2D eigenvalue weighted by molar-refractivity contribution is 7.89. The van der Waals surface area contributed by atoms with Crippen molar-refractivity contribution in [1.82, 2.24) is 4.72 Å². The summed E-state index contributed by atoms with van der Waals surface area (Å²) >= 11 is 0. The van der Waals surface area contributed by atoms with E-state index in [0.717, 1.165) is 12.1 Å². The average molecular weight is 290 g/mol. The van der Waals surface area contributed by atoms with Gasteiger partial charge in [-0.25, -0.2) is 22.3 Å². The molecule has 19 heavy (non-hydrogen) atoms. The van der Waals surface area contributed by atoms with Crippen LogP contribution in [0, 0.1) is 12.7 Å². The van der Waals surface area contributed by atoms with Crippen LogP contribution in [0.2, 0.25) is 0 Å². The number of nitrogens with two attached hydrogens (primary N) is 1. The van der Waals surface area contributed by atoms with Crippen LogP contribution in [0.5, 0.6) is 0 Å². The molecule has 4 N–H and O–H groups in total. The smallest absolute Gasteiger partial charge is 0.338 e. The van der Waals surface area contributed by atoms with Crippen molar-refractivity contribution >= 4 is 16.0 Å². The van der Waals surface area contributed by atoms with Gasteiger partial charge in [-0.2, -0.15) is 0 Å². The van der Waals surface area contributed by atoms with Gasteiger partial charge < -0.3 is 10.8 Å². The molecule has 0 radical (unpaired) electrons. The lowest BCUT2D eigenvalue weighted by atomic mass is 10.1. The molecule has 0 aliphatic rings. The molecule has 0 bridgehead atoms. The topological polar surface area (TPSA) is 109 Å². The molecule has 0 aliphatic carbocycles. The predicted molar refractivity (Wildman–Crippen MR) is 67.0 cm³/mol. The molecular formula is C11H15FN2O4S. The van der Waals surface area contributed by atoms with Gasteiger partial charge >= 0.3 is 5.97 Å². The highest BCUT2D eigenvalue weighted by atomic mass is 32.2. The van der Waals surface area contributed by atoms with E-state index in [-0.39, 0.29) is 17.0 Å². The molecule has 6 nitrogen and oxygen atoms in total. The molecule has 0 amide bonds. The van der Waals surface area contributed by atoms with E-state index in [4.69, 9.17) is 10.8 Å². The summed E-state index contributed by atoms with van der Waals surface area (Å²) < 4.78 is 39.5. The molecule has 1 aromatic carbocycles. The molecule has 0 unspecified atom stereocenters. The summed E-state index contributed by atoms with van der Waals surface area (Å²) in [7, 11) is -3.86. The van der Waals surface area contributed by atoms with E-state index in [2.05, 4.69) is 4.72 Å². The Hall–Kier alpha value is -1.51. The SMILES string of the molecule is Cc1cc(S(=O)(=O)NCCCN)cc(C(=O)O)c1F. The number of carboxylic acid groups (broad SMARTS) is 1. The third-order valence-electron chi connectivity index (χ3n) is 2.44. The van der Waals surface area contributed by atoms with Gasteiger partial charge in [-0.05, 0) is 37.6 Å². The Balaban J connectivity index is 3.17. The summed E-state index contributed by atoms with van der Waals surface area (Å²) in [5, 5.41) is 8.82. The maximum Gasteiger partial charge on any atom is 0.338 e. The first-order valence-electron chi connectivity index (χ1n) is 5.52. The number of rotatable bonds is 6. The Morgan fingerprint density at radius 1 is 1.47 bits per heavy atom. The first-order valence-corrected chi connectivity index (χ1v) is 7.01. The van der Waals surface area contributed by atoms with E-state index in [1.165, 1.54) is 6.92 Å². The molecule has 1 aromatic rings. The summed E-state index contributed by atoms with van der Waals surface area (Å²) in [5.41, 5.74) is 4.53. The fourth-order valence-corrected chi connectivity index (χ4v) is 2.62. The van der Waals surface area contributed by atoms with Crippen molar-refractivity contribution in [3.8, 4) is 0 Å². The molecule has 0 aliphatic heterocycles. The lowest BCUT2D eigenvalue weighted by Crippen LogP contribution is -2.26. The molecule has 0 saturated heterocycles. The van der Waals surface area contributed by atoms with Crippen molar-refractivity contribution < 1.29 is 22.7 Å². The number of carbonyl (C=O) groups is 1. The highest BCUT2D eigenvalue weighted by Crippen LogP contribution is 2.19. The fourth-order valence-electron chi connectivity index (χ4n) is 1.44. The third-order valence-corrected chi connectivity index (χ3v) is 3.88. The van der Waals surface area contributed by atoms with E-state index < -0.39 is 27.4 Å². The van der Waals surface area contributed by atoms with Crippen LogP contribution in [0.4, 0.5) is 4.39 Å². The standard InChI is InChI=1S/C11H15FN2O4S/c1-7-5-8(6-9(10(7)12)11(15)16)19(17,18)14-4-2-3-13/h5-6,14H,2-4,13H2,1H3,(H,15,16). The van der Waals surface area contributed by atoms with Gasteiger partial charge in [0.2, 0.25) is 10.0 Å². The first-order chi connectivity index (χ1) is 8.79. The van der Waals surface area contributed by atoms with Gasteiger partial charge in [-0.3, -0.25) is 0 Å². The fraction of sp³-hybridized carbons (Fsp3) is 0.364. The summed E-state index contributed by atoms with van der Waals surface area (Å²) in [6, 6.07) is 1.89. The first kappa shape index (κ1) is 15.5. The zero-order chi connectivity index (χ0) is 14.6. The summed E-state index contributed by atoms with van der Waals surface area (Å²) in [6.07, 6.45) is 0.450. The summed E-state index contributed by atoms with van der Waals surface area (Å²) in [5.74, 6) is -2.45. The van der Waals surface area contributed by atoms with Crippen molar-refractivity contribution in [1.29, 1.82) is 0 Å². The van der Waals surface area contributed by atoms with Crippen LogP contribution in [0.25, 0.3) is 0 Å². The maximum absolute atomic E-state index is 13.5. The molecule has 106 valence electrons. The lowest BCUT2D eigenvalue weighted by molar-refractivity contribution is 0.0691. The van der Waals surface area contributed by atoms with E-state index in [9.17, 15) is 17.6 Å². The zero-order valence-electron chi connectivity index (χ0n) is 10.3. The Kier molecular flexibility index (Phi) is 4.98. The number of sulfonamides is 1. The molecule has 0 spiro atoms. The second-order valence-electron chi connectivity index (χ2n) is 3.95. The number of nitrogens with one attached hydrogen (secondary N) is 1. The van der Waals surface area contributed by atoms with Gasteiger partial charge in [-0.15, -0.1) is 0 Å². The van der Waals surface area contributed by atoms with Crippen LogP contribution in [0.1, 0.15) is 22.3 Å². The van der Waals surface area contributed by atoms with E-state index in [1.807, 2.05) is 0 Å². The van der Waals surface area contributed by atoms with E-state index in [0.29, 0.717) is 13.0 Å². The Labute approximate surface area is 110 Å². The highest BCUT2D eigenvalue weighted by Gasteiger charge is 2.20. The third kappa shape index (κ3) is 3.72. The molecule has 0 aromatic heterocycles. The predicted octanol–water partition coefficient (Wildman–Crippen LogP) is 0.459. The molecule has 0 fully saturated rings. The van der Waals surface area contributed by atoms with Crippen LogP contribution in [0.15, 0.2) is 17.0 Å². The normalized spacial score (nSPS) is 11.5. The van der Waals surface area contributed by atoms with Crippen molar-refractivity contribution in [3.63, 3.8) is 0 Å². The minimum atomic E-state index is -3.86. The van der Waals surface area contributed by atoms with Crippen molar-refractivity contribution in [3.05, 3.63) is 29.1 Å². The van der Waals surface area contributed by atoms with Gasteiger partial charge in [0.1, 0.15) is 5.82 Å². The second kappa shape index (κ2) is 6.09. The molecule has 0 heterocycles. The van der Waals surface area contributed by atoms with Gasteiger partial charge in [0, 0.05) is 6.54 Å². The maximum atomic E-state index is 13.5. The average Bonchev–Trinajstić information content (AvgIpc) is 2.32. The zero-order valence-corrected chi connectivity index (χ0v) is 11.1. The van der Waals surface area contributed by atoms with Crippen LogP contribution in [0.3, 0.4) is 0 Å². The van der Waals surface area contributed by atoms with E-state index >= 15 is 0 Å². The van der Waals surface area contributed by atoms with Crippen molar-refractivity contribution in [2.75, 3.05) is 13.1 Å². The number of aryl methyl sites for hydroxylation is 1. The Morgan fingerprint density at radius 3 is 2.63 bits per heavy atom. The summed E-state index contributed by atoms with van der Waals surface area (Å²) in [4.78, 5) is 10.6. The molecular weight excluding hydrogens is 275 g/mol. The minimum absolute atomic E-state index is 0.0425. The van der Waals surface area contributed by atoms with Gasteiger partial charge in [0.25, 0.3) is 0 Å². The number of aromatic carboxylic acids is 1. The monoisotopic (exact) mass is 290 g/mol. The van der Waals surface area contributed by atoms with Crippen molar-refractivity contribution in [2.45, 2.75) is 18.2 Å². The van der Waals surface area contributed by atoms with Gasteiger partial charge in [0.15, 0.2) is 0 Å². The van der Waals surface area contributed by atoms with Gasteiger partial charge in [-0.1, -0.05) is 0 Å². The number of halogens is 1. The summed E-state index contributed by atoms with van der Waals surface area (Å²) in [6.45, 7) is 1.77. The molecule has 0 atom stereocenters. The largest absolute Gasteiger partial charge is 0.478 e. The molecule has 8 heteroatoms. The molecule has 1 rings (SSSR count). The van der Waals surface area contributed by atoms with Crippen LogP contribution < -0.4 is 10.5 Å². The lowest BCUT2D eigenvalue weighted by Gasteiger charge is -2.09. The van der Waals surface area contributed by atoms with Crippen LogP contribution >= 0.6 is 0 Å². The number of carboxylic acids is 1. The number of hydrogen-bond acceptors (Lipinski definition) is 4. The number of hydrogen-bond donors (Lipinski definition) is 3. The Morgan fingerprint density at radius 2 is 2.11 bits per heavy atom. The molecule has 0 saturated carbocycles. The Bertz CT molecular complexity index is 587. The van der Waals surface area contributed by atoms with E-state index in [1.54, 1.807) is 0 Å². The van der Waals surface area contributed by atoms with Crippen LogP contribution in [-0.4, -0.2) is 32.6 Å². The minimum Gasteiger partial charge on any atom is -0.478 e. The quantitative estimate of drug-likeness (QED) is 0.659.